The standard InChI is InChI=1S/C23H31NO6/c1-4-6-7-8-14-30-21-15-17(22(25)28-3)9-10-19(21)20-16-18(29-13-5-2)11-12-24(20)23(26)27/h4-5,9-10,15,18,20H,1-2,6-8,11-14,16H2,3H3,(H,26,27)/t18?,20-/m0/s1. The number of nitrogens with zero attached hydrogens (tertiary/aromatic N) is 1. The van der Waals surface area contributed by atoms with E-state index in [0.29, 0.717) is 43.9 Å². The van der Waals surface area contributed by atoms with Gasteiger partial charge in [0.2, 0.25) is 0 Å². The monoisotopic (exact) mass is 417 g/mol. The number of carbonyl (C=O) groups excluding carboxylic acids is 1. The van der Waals surface area contributed by atoms with Gasteiger partial charge < -0.3 is 24.2 Å². The van der Waals surface area contributed by atoms with Crippen LogP contribution >= 0.6 is 0 Å². The van der Waals surface area contributed by atoms with Crippen molar-refractivity contribution in [3.63, 3.8) is 0 Å². The second-order valence-electron chi connectivity index (χ2n) is 7.14. The van der Waals surface area contributed by atoms with Gasteiger partial charge in [-0.1, -0.05) is 18.2 Å². The minimum absolute atomic E-state index is 0.0793. The van der Waals surface area contributed by atoms with Crippen molar-refractivity contribution >= 4 is 12.1 Å². The molecular formula is C23H31NO6. The highest BCUT2D eigenvalue weighted by Gasteiger charge is 2.35. The minimum Gasteiger partial charge on any atom is -0.493 e. The summed E-state index contributed by atoms with van der Waals surface area (Å²) >= 11 is 0. The fourth-order valence-electron chi connectivity index (χ4n) is 3.56. The van der Waals surface area contributed by atoms with Gasteiger partial charge in [0.05, 0.1) is 38.0 Å². The zero-order chi connectivity index (χ0) is 21.9. The van der Waals surface area contributed by atoms with E-state index in [0.717, 1.165) is 24.8 Å². The Balaban J connectivity index is 2.30. The van der Waals surface area contributed by atoms with E-state index >= 15 is 0 Å². The van der Waals surface area contributed by atoms with Crippen LogP contribution in [0.3, 0.4) is 0 Å². The van der Waals surface area contributed by atoms with Crippen molar-refractivity contribution < 1.29 is 28.9 Å². The molecule has 0 aromatic heterocycles. The van der Waals surface area contributed by atoms with Crippen molar-refractivity contribution in [1.29, 1.82) is 0 Å². The van der Waals surface area contributed by atoms with Crippen LogP contribution in [0, 0.1) is 0 Å². The van der Waals surface area contributed by atoms with E-state index in [1.165, 1.54) is 12.0 Å². The Morgan fingerprint density at radius 3 is 2.73 bits per heavy atom. The first-order chi connectivity index (χ1) is 14.5. The van der Waals surface area contributed by atoms with Crippen LogP contribution in [-0.4, -0.2) is 55.0 Å². The fourth-order valence-corrected chi connectivity index (χ4v) is 3.56. The Hall–Kier alpha value is -2.80. The first kappa shape index (κ1) is 23.5. The molecule has 1 heterocycles. The van der Waals surface area contributed by atoms with Gasteiger partial charge in [0, 0.05) is 12.1 Å². The van der Waals surface area contributed by atoms with Gasteiger partial charge >= 0.3 is 12.1 Å². The predicted octanol–water partition coefficient (Wildman–Crippen LogP) is 4.59. The van der Waals surface area contributed by atoms with Gasteiger partial charge in [0.25, 0.3) is 0 Å². The molecule has 7 heteroatoms. The molecule has 0 spiro atoms. The van der Waals surface area contributed by atoms with Crippen molar-refractivity contribution in [3.05, 3.63) is 54.6 Å². The van der Waals surface area contributed by atoms with Gasteiger partial charge in [-0.25, -0.2) is 9.59 Å². The molecule has 1 saturated heterocycles. The lowest BCUT2D eigenvalue weighted by Crippen LogP contribution is -2.42. The van der Waals surface area contributed by atoms with Gasteiger partial charge in [0.1, 0.15) is 5.75 Å². The summed E-state index contributed by atoms with van der Waals surface area (Å²) < 4.78 is 16.6. The maximum atomic E-state index is 12.0. The highest BCUT2D eigenvalue weighted by atomic mass is 16.5. The Morgan fingerprint density at radius 1 is 1.27 bits per heavy atom. The highest BCUT2D eigenvalue weighted by molar-refractivity contribution is 5.90. The summed E-state index contributed by atoms with van der Waals surface area (Å²) in [5, 5.41) is 9.72. The van der Waals surface area contributed by atoms with E-state index in [1.54, 1.807) is 24.3 Å². The number of piperidine rings is 1. The average molecular weight is 418 g/mol. The van der Waals surface area contributed by atoms with Crippen LogP contribution in [0.1, 0.15) is 54.1 Å². The van der Waals surface area contributed by atoms with Gasteiger partial charge in [-0.2, -0.15) is 0 Å². The van der Waals surface area contributed by atoms with Crippen LogP contribution in [0.15, 0.2) is 43.5 Å². The van der Waals surface area contributed by atoms with Crippen LogP contribution in [0.25, 0.3) is 0 Å². The molecule has 2 atom stereocenters. The first-order valence-electron chi connectivity index (χ1n) is 10.2. The molecule has 30 heavy (non-hydrogen) atoms. The SMILES string of the molecule is C=CCCCCOc1cc(C(=O)OC)ccc1[C@@H]1CC(OCC=C)CCN1C(=O)O. The summed E-state index contributed by atoms with van der Waals surface area (Å²) in [7, 11) is 1.32. The number of ether oxygens (including phenoxy) is 3. The van der Waals surface area contributed by atoms with Gasteiger partial charge in [-0.3, -0.25) is 0 Å². The molecule has 1 N–H and O–H groups in total. The minimum atomic E-state index is -0.990. The summed E-state index contributed by atoms with van der Waals surface area (Å²) in [4.78, 5) is 25.3. The van der Waals surface area contributed by atoms with Crippen LogP contribution in [-0.2, 0) is 9.47 Å². The summed E-state index contributed by atoms with van der Waals surface area (Å²) in [5.74, 6) is 0.0288. The molecule has 1 aliphatic heterocycles. The molecule has 164 valence electrons. The third-order valence-electron chi connectivity index (χ3n) is 5.10. The lowest BCUT2D eigenvalue weighted by molar-refractivity contribution is -0.000323. The van der Waals surface area contributed by atoms with Crippen molar-refractivity contribution in [3.8, 4) is 5.75 Å². The lowest BCUT2D eigenvalue weighted by Gasteiger charge is -2.38. The van der Waals surface area contributed by atoms with Gasteiger partial charge in [0.15, 0.2) is 0 Å². The fraction of sp³-hybridized carbons (Fsp3) is 0.478. The summed E-state index contributed by atoms with van der Waals surface area (Å²) in [6.45, 7) is 8.62. The second kappa shape index (κ2) is 12.0. The van der Waals surface area contributed by atoms with Gasteiger partial charge in [-0.05, 0) is 44.2 Å². The summed E-state index contributed by atoms with van der Waals surface area (Å²) in [5.41, 5.74) is 1.08. The third-order valence-corrected chi connectivity index (χ3v) is 5.10. The highest BCUT2D eigenvalue weighted by Crippen LogP contribution is 2.38. The molecule has 1 fully saturated rings. The van der Waals surface area contributed by atoms with Gasteiger partial charge in [-0.15, -0.1) is 13.2 Å². The number of hydrogen-bond donors (Lipinski definition) is 1. The van der Waals surface area contributed by atoms with Crippen LogP contribution in [0.2, 0.25) is 0 Å². The molecule has 1 unspecified atom stereocenters. The number of hydrogen-bond acceptors (Lipinski definition) is 5. The maximum Gasteiger partial charge on any atom is 0.407 e. The van der Waals surface area contributed by atoms with Crippen LogP contribution in [0.5, 0.6) is 5.75 Å². The number of carbonyl (C=O) groups is 2. The Kier molecular flexibility index (Phi) is 9.41. The van der Waals surface area contributed by atoms with E-state index in [1.807, 2.05) is 6.08 Å². The zero-order valence-corrected chi connectivity index (χ0v) is 17.5. The summed E-state index contributed by atoms with van der Waals surface area (Å²) in [6.07, 6.45) is 6.26. The average Bonchev–Trinajstić information content (AvgIpc) is 2.76. The van der Waals surface area contributed by atoms with E-state index in [9.17, 15) is 14.7 Å². The molecule has 1 aromatic rings. The molecule has 1 amide bonds. The van der Waals surface area contributed by atoms with Crippen LogP contribution in [0.4, 0.5) is 4.79 Å². The van der Waals surface area contributed by atoms with Crippen molar-refractivity contribution in [2.45, 2.75) is 44.2 Å². The lowest BCUT2D eigenvalue weighted by atomic mass is 9.92. The molecule has 0 bridgehead atoms. The Morgan fingerprint density at radius 2 is 2.07 bits per heavy atom. The first-order valence-corrected chi connectivity index (χ1v) is 10.2. The van der Waals surface area contributed by atoms with E-state index < -0.39 is 18.1 Å². The number of benzene rings is 1. The topological polar surface area (TPSA) is 85.3 Å². The summed E-state index contributed by atoms with van der Waals surface area (Å²) in [6, 6.07) is 4.59. The number of esters is 1. The van der Waals surface area contributed by atoms with E-state index in [4.69, 9.17) is 14.2 Å². The quantitative estimate of drug-likeness (QED) is 0.322. The molecule has 0 aliphatic carbocycles. The smallest absolute Gasteiger partial charge is 0.407 e. The largest absolute Gasteiger partial charge is 0.493 e. The van der Waals surface area contributed by atoms with Crippen molar-refractivity contribution in [2.75, 3.05) is 26.9 Å². The number of likely N-dealkylation sites (tertiary alicyclic amines) is 1. The number of methoxy groups -OCH3 is 1. The maximum absolute atomic E-state index is 12.0. The third kappa shape index (κ3) is 6.35. The number of rotatable bonds is 11. The molecule has 1 aliphatic rings. The zero-order valence-electron chi connectivity index (χ0n) is 17.5. The number of unbranched alkanes of at least 4 members (excludes halogenated alkanes) is 2. The molecule has 0 radical (unpaired) electrons. The second-order valence-corrected chi connectivity index (χ2v) is 7.14. The molecule has 1 aromatic carbocycles. The molecule has 7 nitrogen and oxygen atoms in total. The van der Waals surface area contributed by atoms with E-state index in [-0.39, 0.29) is 6.10 Å². The van der Waals surface area contributed by atoms with E-state index in [2.05, 4.69) is 13.2 Å². The van der Waals surface area contributed by atoms with Crippen LogP contribution < -0.4 is 4.74 Å². The van der Waals surface area contributed by atoms with Crippen molar-refractivity contribution in [2.24, 2.45) is 0 Å². The molecular weight excluding hydrogens is 386 g/mol. The number of carboxylic acid groups (broad SMARTS) is 1. The normalized spacial score (nSPS) is 18.5. The molecule has 2 rings (SSSR count). The predicted molar refractivity (Wildman–Crippen MR) is 114 cm³/mol. The number of allylic oxidation sites excluding steroid dienone is 1. The Labute approximate surface area is 177 Å². The van der Waals surface area contributed by atoms with Crippen molar-refractivity contribution in [1.82, 2.24) is 4.90 Å². The number of amides is 1. The molecule has 0 saturated carbocycles. The Bertz CT molecular complexity index is 747.